The van der Waals surface area contributed by atoms with Crippen molar-refractivity contribution < 1.29 is 17.6 Å². The number of fused-ring (bicyclic) bond motifs is 1. The molecule has 0 bridgehead atoms. The van der Waals surface area contributed by atoms with Gasteiger partial charge in [-0.25, -0.2) is 13.4 Å². The Hall–Kier alpha value is -3.01. The molecule has 1 aliphatic rings. The van der Waals surface area contributed by atoms with Gasteiger partial charge in [-0.05, 0) is 81.1 Å². The molecule has 0 saturated carbocycles. The molecule has 3 heterocycles. The van der Waals surface area contributed by atoms with E-state index >= 15 is 0 Å². The zero-order valence-electron chi connectivity index (χ0n) is 20.6. The van der Waals surface area contributed by atoms with Crippen LogP contribution in [0, 0.1) is 13.8 Å². The van der Waals surface area contributed by atoms with E-state index < -0.39 is 10.0 Å². The lowest BCUT2D eigenvalue weighted by Gasteiger charge is -2.32. The zero-order valence-corrected chi connectivity index (χ0v) is 22.2. The Balaban J connectivity index is 1.48. The molecular weight excluding hydrogens is 494 g/mol. The number of sulfonamides is 1. The lowest BCUT2D eigenvalue weighted by Crippen LogP contribution is -2.41. The third kappa shape index (κ3) is 4.58. The highest BCUT2D eigenvalue weighted by molar-refractivity contribution is 7.89. The summed E-state index contributed by atoms with van der Waals surface area (Å²) < 4.78 is 34.6. The number of piperidine rings is 1. The predicted octanol–water partition coefficient (Wildman–Crippen LogP) is 5.92. The molecule has 1 unspecified atom stereocenters. The second-order valence-electron chi connectivity index (χ2n) is 9.33. The van der Waals surface area contributed by atoms with Gasteiger partial charge in [0.1, 0.15) is 5.76 Å². The van der Waals surface area contributed by atoms with Crippen LogP contribution in [-0.4, -0.2) is 36.2 Å². The molecule has 1 aliphatic heterocycles. The third-order valence-electron chi connectivity index (χ3n) is 6.75. The number of carbonyl (C=O) groups excluding carboxylic acids is 1. The molecule has 1 amide bonds. The van der Waals surface area contributed by atoms with Crippen LogP contribution in [0.5, 0.6) is 0 Å². The minimum atomic E-state index is -3.61. The molecule has 2 aromatic heterocycles. The van der Waals surface area contributed by atoms with Crippen LogP contribution >= 0.6 is 11.3 Å². The van der Waals surface area contributed by atoms with E-state index in [-0.39, 0.29) is 23.4 Å². The maximum absolute atomic E-state index is 13.7. The number of nitrogens with zero attached hydrogens (tertiary/aromatic N) is 3. The van der Waals surface area contributed by atoms with Crippen LogP contribution in [-0.2, 0) is 16.6 Å². The lowest BCUT2D eigenvalue weighted by molar-refractivity contribution is 0.0983. The number of furan rings is 1. The minimum absolute atomic E-state index is 0.0280. The quantitative estimate of drug-likeness (QED) is 0.313. The van der Waals surface area contributed by atoms with E-state index in [1.54, 1.807) is 33.7 Å². The first-order valence-corrected chi connectivity index (χ1v) is 14.3. The van der Waals surface area contributed by atoms with E-state index in [0.717, 1.165) is 40.6 Å². The van der Waals surface area contributed by atoms with Crippen LogP contribution in [0.25, 0.3) is 10.2 Å². The van der Waals surface area contributed by atoms with Crippen molar-refractivity contribution >= 4 is 42.6 Å². The Morgan fingerprint density at radius 3 is 2.53 bits per heavy atom. The zero-order chi connectivity index (χ0) is 25.4. The average Bonchev–Trinajstić information content (AvgIpc) is 3.55. The van der Waals surface area contributed by atoms with E-state index in [9.17, 15) is 13.2 Å². The molecule has 4 aromatic rings. The molecular formula is C27H29N3O4S2. The van der Waals surface area contributed by atoms with Crippen LogP contribution in [0.15, 0.2) is 64.1 Å². The minimum Gasteiger partial charge on any atom is -0.467 e. The molecule has 7 nitrogen and oxygen atoms in total. The maximum atomic E-state index is 13.7. The Morgan fingerprint density at radius 2 is 1.86 bits per heavy atom. The number of benzene rings is 2. The summed E-state index contributed by atoms with van der Waals surface area (Å²) in [7, 11) is -3.61. The van der Waals surface area contributed by atoms with Crippen LogP contribution in [0.1, 0.15) is 53.4 Å². The maximum Gasteiger partial charge on any atom is 0.260 e. The van der Waals surface area contributed by atoms with Gasteiger partial charge in [0.15, 0.2) is 5.13 Å². The fourth-order valence-electron chi connectivity index (χ4n) is 4.64. The number of aromatic nitrogens is 1. The van der Waals surface area contributed by atoms with Crippen molar-refractivity contribution in [1.82, 2.24) is 9.29 Å². The molecule has 1 saturated heterocycles. The van der Waals surface area contributed by atoms with Crippen molar-refractivity contribution in [1.29, 1.82) is 0 Å². The molecule has 2 aromatic carbocycles. The highest BCUT2D eigenvalue weighted by Crippen LogP contribution is 2.35. The van der Waals surface area contributed by atoms with Gasteiger partial charge in [0, 0.05) is 18.2 Å². The van der Waals surface area contributed by atoms with Gasteiger partial charge in [-0.3, -0.25) is 9.69 Å². The summed E-state index contributed by atoms with van der Waals surface area (Å²) in [4.78, 5) is 20.3. The lowest BCUT2D eigenvalue weighted by atomic mass is 10.1. The average molecular weight is 524 g/mol. The predicted molar refractivity (Wildman–Crippen MR) is 142 cm³/mol. The van der Waals surface area contributed by atoms with Crippen molar-refractivity contribution in [2.45, 2.75) is 57.5 Å². The molecule has 36 heavy (non-hydrogen) atoms. The van der Waals surface area contributed by atoms with Gasteiger partial charge < -0.3 is 4.42 Å². The summed E-state index contributed by atoms with van der Waals surface area (Å²) in [5.41, 5.74) is 3.42. The summed E-state index contributed by atoms with van der Waals surface area (Å²) in [5.74, 6) is 0.366. The van der Waals surface area contributed by atoms with Crippen LogP contribution < -0.4 is 4.90 Å². The number of rotatable bonds is 6. The van der Waals surface area contributed by atoms with Crippen LogP contribution in [0.4, 0.5) is 5.13 Å². The summed E-state index contributed by atoms with van der Waals surface area (Å²) in [6.07, 6.45) is 4.34. The van der Waals surface area contributed by atoms with Crippen molar-refractivity contribution in [2.75, 3.05) is 11.4 Å². The van der Waals surface area contributed by atoms with E-state index in [1.165, 1.54) is 23.5 Å². The second-order valence-corrected chi connectivity index (χ2v) is 12.2. The monoisotopic (exact) mass is 523 g/mol. The number of thiazole rings is 1. The summed E-state index contributed by atoms with van der Waals surface area (Å²) in [6.45, 7) is 6.73. The second kappa shape index (κ2) is 9.80. The molecule has 188 valence electrons. The topological polar surface area (TPSA) is 83.7 Å². The van der Waals surface area contributed by atoms with Crippen molar-refractivity contribution in [3.8, 4) is 0 Å². The highest BCUT2D eigenvalue weighted by atomic mass is 32.2. The van der Waals surface area contributed by atoms with Gasteiger partial charge >= 0.3 is 0 Å². The molecule has 0 spiro atoms. The largest absolute Gasteiger partial charge is 0.467 e. The number of aryl methyl sites for hydroxylation is 2. The highest BCUT2D eigenvalue weighted by Gasteiger charge is 2.31. The van der Waals surface area contributed by atoms with Gasteiger partial charge in [0.05, 0.1) is 27.9 Å². The fraction of sp³-hybridized carbons (Fsp3) is 0.333. The van der Waals surface area contributed by atoms with Crippen LogP contribution in [0.2, 0.25) is 0 Å². The normalized spacial score (nSPS) is 16.9. The molecule has 1 atom stereocenters. The first-order chi connectivity index (χ1) is 17.3. The van der Waals surface area contributed by atoms with E-state index in [2.05, 4.69) is 6.07 Å². The Labute approximate surface area is 215 Å². The number of anilines is 1. The van der Waals surface area contributed by atoms with Gasteiger partial charge in [-0.15, -0.1) is 0 Å². The van der Waals surface area contributed by atoms with E-state index in [0.29, 0.717) is 23.0 Å². The Kier molecular flexibility index (Phi) is 6.72. The van der Waals surface area contributed by atoms with Gasteiger partial charge in [0.2, 0.25) is 10.0 Å². The first kappa shape index (κ1) is 24.7. The van der Waals surface area contributed by atoms with E-state index in [1.807, 2.05) is 32.9 Å². The van der Waals surface area contributed by atoms with Gasteiger partial charge in [-0.1, -0.05) is 29.9 Å². The third-order valence-corrected chi connectivity index (χ3v) is 9.99. The fourth-order valence-corrected chi connectivity index (χ4v) is 7.45. The molecule has 5 rings (SSSR count). The van der Waals surface area contributed by atoms with Gasteiger partial charge in [-0.2, -0.15) is 4.31 Å². The number of amides is 1. The molecule has 0 N–H and O–H groups in total. The number of carbonyl (C=O) groups is 1. The van der Waals surface area contributed by atoms with E-state index in [4.69, 9.17) is 9.40 Å². The number of hydrogen-bond acceptors (Lipinski definition) is 6. The smallest absolute Gasteiger partial charge is 0.260 e. The SMILES string of the molecule is Cc1ccc(C)c2sc(N(Cc3ccco3)C(=O)c3ccc(S(=O)(=O)N4CCCCC4C)cc3)nc12. The molecule has 0 radical (unpaired) electrons. The first-order valence-electron chi connectivity index (χ1n) is 12.1. The van der Waals surface area contributed by atoms with Gasteiger partial charge in [0.25, 0.3) is 5.91 Å². The van der Waals surface area contributed by atoms with Crippen molar-refractivity contribution in [3.63, 3.8) is 0 Å². The molecule has 1 fully saturated rings. The summed E-state index contributed by atoms with van der Waals surface area (Å²) in [5, 5.41) is 0.572. The molecule has 0 aliphatic carbocycles. The standard InChI is InChI=1S/C27H29N3O4S2/c1-18-9-10-19(2)25-24(18)28-27(35-25)29(17-22-8-6-16-34-22)26(31)21-11-13-23(14-12-21)36(32,33)30-15-5-4-7-20(30)3/h6,8-14,16,20H,4-5,7,15,17H2,1-3H3. The van der Waals surface area contributed by atoms with Crippen molar-refractivity contribution in [2.24, 2.45) is 0 Å². The molecule has 9 heteroatoms. The van der Waals surface area contributed by atoms with Crippen LogP contribution in [0.3, 0.4) is 0 Å². The Morgan fingerprint density at radius 1 is 1.11 bits per heavy atom. The summed E-state index contributed by atoms with van der Waals surface area (Å²) in [6, 6.07) is 13.9. The Bertz CT molecular complexity index is 1450. The van der Waals surface area contributed by atoms with Crippen molar-refractivity contribution in [3.05, 3.63) is 77.2 Å². The number of hydrogen-bond donors (Lipinski definition) is 0. The summed E-state index contributed by atoms with van der Waals surface area (Å²) >= 11 is 1.47.